The second-order valence-corrected chi connectivity index (χ2v) is 12.1. The van der Waals surface area contributed by atoms with Crippen molar-refractivity contribution >= 4 is 5.71 Å². The van der Waals surface area contributed by atoms with E-state index in [-0.39, 0.29) is 5.41 Å². The van der Waals surface area contributed by atoms with Gasteiger partial charge in [-0.15, -0.1) is 0 Å². The van der Waals surface area contributed by atoms with Crippen LogP contribution in [0.2, 0.25) is 0 Å². The van der Waals surface area contributed by atoms with Crippen molar-refractivity contribution < 1.29 is 5.21 Å². The predicted octanol–water partition coefficient (Wildman–Crippen LogP) is 7.71. The highest BCUT2D eigenvalue weighted by Gasteiger charge is 2.61. The highest BCUT2D eigenvalue weighted by atomic mass is 16.4. The van der Waals surface area contributed by atoms with Crippen molar-refractivity contribution in [1.82, 2.24) is 0 Å². The average molecular weight is 400 g/mol. The summed E-state index contributed by atoms with van der Waals surface area (Å²) >= 11 is 0. The fraction of sp³-hybridized carbons (Fsp3) is 0.889. The van der Waals surface area contributed by atoms with E-state index in [4.69, 9.17) is 0 Å². The molecule has 0 aromatic heterocycles. The first-order chi connectivity index (χ1) is 13.8. The van der Waals surface area contributed by atoms with E-state index in [0.717, 1.165) is 35.3 Å². The molecule has 0 amide bonds. The van der Waals surface area contributed by atoms with Gasteiger partial charge in [-0.2, -0.15) is 0 Å². The fourth-order valence-corrected chi connectivity index (χ4v) is 8.88. The zero-order valence-corrected chi connectivity index (χ0v) is 19.7. The minimum absolute atomic E-state index is 0.0920. The molecule has 4 aliphatic rings. The smallest absolute Gasteiger partial charge is 0.0857 e. The third-order valence-electron chi connectivity index (χ3n) is 10.5. The molecule has 8 atom stereocenters. The Morgan fingerprint density at radius 1 is 1.03 bits per heavy atom. The van der Waals surface area contributed by atoms with Crippen molar-refractivity contribution in [3.05, 3.63) is 12.2 Å². The molecule has 0 spiro atoms. The molecule has 2 heteroatoms. The number of fused-ring (bicyclic) bond motifs is 5. The van der Waals surface area contributed by atoms with E-state index in [0.29, 0.717) is 17.3 Å². The van der Waals surface area contributed by atoms with Gasteiger partial charge in [0.2, 0.25) is 0 Å². The van der Waals surface area contributed by atoms with Crippen LogP contribution in [0.3, 0.4) is 0 Å². The first-order valence-corrected chi connectivity index (χ1v) is 12.7. The summed E-state index contributed by atoms with van der Waals surface area (Å²) < 4.78 is 0. The van der Waals surface area contributed by atoms with Gasteiger partial charge in [0.25, 0.3) is 0 Å². The Hall–Kier alpha value is -0.790. The molecule has 0 aromatic carbocycles. The minimum Gasteiger partial charge on any atom is -0.411 e. The molecule has 3 fully saturated rings. The summed E-state index contributed by atoms with van der Waals surface area (Å²) in [5, 5.41) is 13.6. The van der Waals surface area contributed by atoms with Crippen LogP contribution in [0, 0.1) is 52.3 Å². The lowest BCUT2D eigenvalue weighted by Gasteiger charge is -2.59. The van der Waals surface area contributed by atoms with Gasteiger partial charge in [0.15, 0.2) is 0 Å². The van der Waals surface area contributed by atoms with Crippen molar-refractivity contribution in [3.8, 4) is 0 Å². The van der Waals surface area contributed by atoms with E-state index in [9.17, 15) is 5.21 Å². The van der Waals surface area contributed by atoms with E-state index < -0.39 is 0 Å². The van der Waals surface area contributed by atoms with Crippen LogP contribution in [0.5, 0.6) is 0 Å². The molecule has 0 heterocycles. The third-order valence-corrected chi connectivity index (χ3v) is 10.5. The molecule has 0 radical (unpaired) electrons. The molecule has 4 aliphatic carbocycles. The van der Waals surface area contributed by atoms with Gasteiger partial charge in [-0.05, 0) is 97.9 Å². The zero-order chi connectivity index (χ0) is 20.8. The molecular weight excluding hydrogens is 354 g/mol. The molecule has 0 aliphatic heterocycles. The molecular formula is C27H45NO. The van der Waals surface area contributed by atoms with Crippen molar-refractivity contribution in [3.63, 3.8) is 0 Å². The zero-order valence-electron chi connectivity index (χ0n) is 19.7. The molecule has 0 unspecified atom stereocenters. The van der Waals surface area contributed by atoms with E-state index in [1.54, 1.807) is 0 Å². The lowest BCUT2D eigenvalue weighted by molar-refractivity contribution is -0.0747. The van der Waals surface area contributed by atoms with Gasteiger partial charge in [0, 0.05) is 5.41 Å². The van der Waals surface area contributed by atoms with Gasteiger partial charge in [-0.3, -0.25) is 0 Å². The Bertz CT molecular complexity index is 651. The minimum atomic E-state index is 0.0920. The summed E-state index contributed by atoms with van der Waals surface area (Å²) in [4.78, 5) is 0. The standard InChI is InChI=1S/C27H45NO/c1-18(2)8-6-9-19(3)22-14-15-23-21-13-12-20-10-7-11-25(28-29)27(20,5)24(21)16-17-26(22,23)4/h7,11,18-24,29H,6,8-10,12-17H2,1-5H3/b28-25+/t19-,20-,21+,22-,23+,24+,26-,27+/m1/s1. The van der Waals surface area contributed by atoms with Crippen LogP contribution in [0.1, 0.15) is 98.8 Å². The van der Waals surface area contributed by atoms with Crippen LogP contribution in [-0.4, -0.2) is 10.9 Å². The van der Waals surface area contributed by atoms with Crippen LogP contribution in [0.25, 0.3) is 0 Å². The number of hydrogen-bond donors (Lipinski definition) is 1. The maximum absolute atomic E-state index is 9.80. The molecule has 2 nitrogen and oxygen atoms in total. The van der Waals surface area contributed by atoms with E-state index >= 15 is 0 Å². The Kier molecular flexibility index (Phi) is 5.95. The van der Waals surface area contributed by atoms with Gasteiger partial charge in [-0.25, -0.2) is 0 Å². The molecule has 29 heavy (non-hydrogen) atoms. The highest BCUT2D eigenvalue weighted by molar-refractivity contribution is 6.00. The SMILES string of the molecule is CC(C)CCC[C@@H](C)[C@H]1CC[C@H]2[C@@H]3CC[C@H]4CC=C/C(=N\O)[C@]4(C)[C@H]3CC[C@]12C. The molecule has 3 saturated carbocycles. The van der Waals surface area contributed by atoms with E-state index in [1.165, 1.54) is 64.2 Å². The molecule has 0 aromatic rings. The van der Waals surface area contributed by atoms with Crippen LogP contribution in [0.15, 0.2) is 17.3 Å². The van der Waals surface area contributed by atoms with Crippen molar-refractivity contribution in [1.29, 1.82) is 0 Å². The Labute approximate surface area is 179 Å². The molecule has 0 bridgehead atoms. The fourth-order valence-electron chi connectivity index (χ4n) is 8.88. The normalized spacial score (nSPS) is 46.4. The van der Waals surface area contributed by atoms with Crippen LogP contribution >= 0.6 is 0 Å². The van der Waals surface area contributed by atoms with E-state index in [2.05, 4.69) is 51.9 Å². The third kappa shape index (κ3) is 3.41. The van der Waals surface area contributed by atoms with E-state index in [1.807, 2.05) is 0 Å². The highest BCUT2D eigenvalue weighted by Crippen LogP contribution is 2.67. The van der Waals surface area contributed by atoms with Gasteiger partial charge in [0.1, 0.15) is 0 Å². The quantitative estimate of drug-likeness (QED) is 0.372. The molecule has 164 valence electrons. The van der Waals surface area contributed by atoms with Crippen LogP contribution < -0.4 is 0 Å². The van der Waals surface area contributed by atoms with Crippen molar-refractivity contribution in [2.75, 3.05) is 0 Å². The predicted molar refractivity (Wildman–Crippen MR) is 122 cm³/mol. The monoisotopic (exact) mass is 399 g/mol. The number of nitrogens with zero attached hydrogens (tertiary/aromatic N) is 1. The van der Waals surface area contributed by atoms with Gasteiger partial charge in [-0.1, -0.05) is 65.1 Å². The largest absolute Gasteiger partial charge is 0.411 e. The molecule has 4 rings (SSSR count). The van der Waals surface area contributed by atoms with Crippen molar-refractivity contribution in [2.45, 2.75) is 98.8 Å². The Morgan fingerprint density at radius 2 is 1.83 bits per heavy atom. The first-order valence-electron chi connectivity index (χ1n) is 12.7. The van der Waals surface area contributed by atoms with Gasteiger partial charge < -0.3 is 5.21 Å². The van der Waals surface area contributed by atoms with Crippen molar-refractivity contribution in [2.24, 2.45) is 57.4 Å². The lowest BCUT2D eigenvalue weighted by atomic mass is 9.44. The summed E-state index contributed by atoms with van der Waals surface area (Å²) in [6.45, 7) is 12.4. The summed E-state index contributed by atoms with van der Waals surface area (Å²) in [7, 11) is 0. The summed E-state index contributed by atoms with van der Waals surface area (Å²) in [5.74, 6) is 5.75. The maximum atomic E-state index is 9.80. The Balaban J connectivity index is 1.52. The lowest BCUT2D eigenvalue weighted by Crippen LogP contribution is -2.55. The summed E-state index contributed by atoms with van der Waals surface area (Å²) in [6.07, 6.45) is 18.1. The number of oxime groups is 1. The number of allylic oxidation sites excluding steroid dienone is 2. The van der Waals surface area contributed by atoms with Crippen LogP contribution in [-0.2, 0) is 0 Å². The second kappa shape index (κ2) is 8.04. The van der Waals surface area contributed by atoms with Crippen LogP contribution in [0.4, 0.5) is 0 Å². The Morgan fingerprint density at radius 3 is 2.55 bits per heavy atom. The summed E-state index contributed by atoms with van der Waals surface area (Å²) in [5.41, 5.74) is 1.61. The molecule has 0 saturated heterocycles. The topological polar surface area (TPSA) is 32.6 Å². The summed E-state index contributed by atoms with van der Waals surface area (Å²) in [6, 6.07) is 0. The first kappa shape index (κ1) is 21.4. The number of hydrogen-bond acceptors (Lipinski definition) is 2. The number of rotatable bonds is 5. The van der Waals surface area contributed by atoms with Gasteiger partial charge >= 0.3 is 0 Å². The second-order valence-electron chi connectivity index (χ2n) is 12.1. The maximum Gasteiger partial charge on any atom is 0.0857 e. The average Bonchev–Trinajstić information content (AvgIpc) is 3.04. The van der Waals surface area contributed by atoms with Gasteiger partial charge in [0.05, 0.1) is 5.71 Å². The molecule has 1 N–H and O–H groups in total.